The van der Waals surface area contributed by atoms with Gasteiger partial charge in [0.15, 0.2) is 12.7 Å². The minimum atomic E-state index is -1.11. The number of carboxylic acids is 1. The molecule has 0 aromatic carbocycles. The number of thioether (sulfide) groups is 1. The van der Waals surface area contributed by atoms with E-state index in [9.17, 15) is 19.5 Å². The maximum atomic E-state index is 12.8. The lowest BCUT2D eigenvalue weighted by atomic mass is 10.0. The Labute approximate surface area is 190 Å². The van der Waals surface area contributed by atoms with Gasteiger partial charge < -0.3 is 10.4 Å². The molecule has 2 aliphatic rings. The minimum Gasteiger partial charge on any atom is -0.477 e. The van der Waals surface area contributed by atoms with Crippen LogP contribution in [0.4, 0.5) is 0 Å². The van der Waals surface area contributed by atoms with Crippen LogP contribution in [0.1, 0.15) is 4.88 Å². The number of rotatable bonds is 6. The Kier molecular flexibility index (Phi) is 5.28. The number of carbonyl (C=O) groups excluding carboxylic acids is 2. The summed E-state index contributed by atoms with van der Waals surface area (Å²) in [5, 5.41) is 17.3. The summed E-state index contributed by atoms with van der Waals surface area (Å²) in [6, 6.07) is 9.03. The number of carboxylic acid groups (broad SMARTS) is 1. The first-order valence-corrected chi connectivity index (χ1v) is 12.4. The summed E-state index contributed by atoms with van der Waals surface area (Å²) in [6.45, 7) is 0.401. The van der Waals surface area contributed by atoms with E-state index in [1.807, 2.05) is 51.9 Å². The number of hydrogen-bond acceptors (Lipinski definition) is 6. The molecule has 2 amide bonds. The smallest absolute Gasteiger partial charge is 0.352 e. The lowest BCUT2D eigenvalue weighted by Crippen LogP contribution is -2.70. The number of nitrogens with one attached hydrogen (secondary N) is 1. The van der Waals surface area contributed by atoms with Gasteiger partial charge in [0, 0.05) is 22.3 Å². The normalized spacial score (nSPS) is 20.5. The lowest BCUT2D eigenvalue weighted by molar-refractivity contribution is -0.661. The zero-order valence-corrected chi connectivity index (χ0v) is 18.6. The van der Waals surface area contributed by atoms with E-state index in [0.29, 0.717) is 17.9 Å². The Bertz CT molecular complexity index is 1220. The lowest BCUT2D eigenvalue weighted by Gasteiger charge is -2.49. The molecule has 31 heavy (non-hydrogen) atoms. The Morgan fingerprint density at radius 1 is 1.19 bits per heavy atom. The number of amides is 2. The molecular weight excluding hydrogens is 454 g/mol. The Morgan fingerprint density at radius 3 is 2.84 bits per heavy atom. The van der Waals surface area contributed by atoms with Crippen molar-refractivity contribution in [1.29, 1.82) is 0 Å². The number of nitrogens with zero attached hydrogens (tertiary/aromatic N) is 2. The zero-order chi connectivity index (χ0) is 21.5. The molecule has 0 aliphatic carbocycles. The maximum Gasteiger partial charge on any atom is 0.352 e. The first-order valence-electron chi connectivity index (χ1n) is 9.60. The molecule has 0 bridgehead atoms. The van der Waals surface area contributed by atoms with Crippen molar-refractivity contribution in [3.63, 3.8) is 0 Å². The topological polar surface area (TPSA) is 90.6 Å². The van der Waals surface area contributed by atoms with Gasteiger partial charge in [-0.1, -0.05) is 17.4 Å². The molecule has 2 aliphatic heterocycles. The maximum absolute atomic E-state index is 12.8. The van der Waals surface area contributed by atoms with Crippen LogP contribution in [-0.2, 0) is 27.3 Å². The number of hydrogen-bond donors (Lipinski definition) is 2. The van der Waals surface area contributed by atoms with Gasteiger partial charge in [0.1, 0.15) is 17.1 Å². The molecule has 5 heterocycles. The van der Waals surface area contributed by atoms with E-state index in [0.717, 1.165) is 15.1 Å². The number of β-lactam (4-membered cyclic amide) rings is 1. The van der Waals surface area contributed by atoms with Gasteiger partial charge in [-0.2, -0.15) is 4.57 Å². The van der Waals surface area contributed by atoms with E-state index < -0.39 is 17.4 Å². The van der Waals surface area contributed by atoms with Gasteiger partial charge in [0.2, 0.25) is 5.91 Å². The molecule has 2 atom stereocenters. The van der Waals surface area contributed by atoms with Crippen molar-refractivity contribution in [2.24, 2.45) is 0 Å². The minimum absolute atomic E-state index is 0.0403. The summed E-state index contributed by atoms with van der Waals surface area (Å²) < 4.78 is 2.02. The van der Waals surface area contributed by atoms with Crippen molar-refractivity contribution in [3.05, 3.63) is 63.4 Å². The third kappa shape index (κ3) is 3.64. The molecule has 3 aromatic rings. The van der Waals surface area contributed by atoms with Crippen LogP contribution in [0.25, 0.3) is 10.2 Å². The highest BCUT2D eigenvalue weighted by Gasteiger charge is 2.54. The van der Waals surface area contributed by atoms with E-state index in [1.165, 1.54) is 28.0 Å². The highest BCUT2D eigenvalue weighted by Crippen LogP contribution is 2.40. The van der Waals surface area contributed by atoms with E-state index in [-0.39, 0.29) is 23.9 Å². The Hall–Kier alpha value is -2.69. The average molecular weight is 473 g/mol. The van der Waals surface area contributed by atoms with Crippen molar-refractivity contribution in [2.75, 3.05) is 5.75 Å². The van der Waals surface area contributed by atoms with Gasteiger partial charge in [-0.3, -0.25) is 14.5 Å². The van der Waals surface area contributed by atoms with Gasteiger partial charge >= 0.3 is 5.97 Å². The molecule has 0 radical (unpaired) electrons. The van der Waals surface area contributed by atoms with Gasteiger partial charge in [0.25, 0.3) is 10.7 Å². The second-order valence-corrected chi connectivity index (χ2v) is 10.3. The Balaban J connectivity index is 1.36. The summed E-state index contributed by atoms with van der Waals surface area (Å²) in [4.78, 5) is 40.6. The summed E-state index contributed by atoms with van der Waals surface area (Å²) in [7, 11) is 0. The van der Waals surface area contributed by atoms with Crippen LogP contribution < -0.4 is 9.88 Å². The van der Waals surface area contributed by atoms with Crippen LogP contribution in [0.15, 0.2) is 58.6 Å². The van der Waals surface area contributed by atoms with Gasteiger partial charge in [0.05, 0.1) is 11.8 Å². The fourth-order valence-corrected chi connectivity index (χ4v) is 6.84. The largest absolute Gasteiger partial charge is 0.477 e. The zero-order valence-electron chi connectivity index (χ0n) is 16.2. The molecule has 0 spiro atoms. The van der Waals surface area contributed by atoms with Crippen LogP contribution in [0.2, 0.25) is 0 Å². The van der Waals surface area contributed by atoms with E-state index in [1.54, 1.807) is 11.3 Å². The van der Waals surface area contributed by atoms with Crippen molar-refractivity contribution in [3.8, 4) is 0 Å². The van der Waals surface area contributed by atoms with Gasteiger partial charge in [-0.05, 0) is 29.0 Å². The van der Waals surface area contributed by atoms with Crippen LogP contribution >= 0.6 is 34.4 Å². The second kappa shape index (κ2) is 8.10. The number of pyridine rings is 1. The van der Waals surface area contributed by atoms with Crippen molar-refractivity contribution in [2.45, 2.75) is 24.4 Å². The molecule has 158 valence electrons. The van der Waals surface area contributed by atoms with Crippen LogP contribution in [0.5, 0.6) is 0 Å². The highest BCUT2D eigenvalue weighted by molar-refractivity contribution is 8.00. The molecule has 7 nitrogen and oxygen atoms in total. The monoisotopic (exact) mass is 472 g/mol. The van der Waals surface area contributed by atoms with E-state index in [4.69, 9.17) is 0 Å². The molecule has 1 fully saturated rings. The standard InChI is InChI=1S/C21H17N3O4S3/c25-15(9-14-4-2-7-29-14)22-16-18(26)24-17(21(27)28)13(11-31-20(16)24)10-23-6-1-3-12-5-8-30-19(12)23/h1-8,16,20H,9-11H2,(H-,22,25,27,28)/p+1/t16?,20-/m1/s1. The van der Waals surface area contributed by atoms with Gasteiger partial charge in [-0.25, -0.2) is 4.79 Å². The number of aromatic nitrogens is 1. The summed E-state index contributed by atoms with van der Waals surface area (Å²) in [5.74, 6) is -1.23. The molecular formula is C21H18N3O4S3+. The average Bonchev–Trinajstić information content (AvgIpc) is 3.43. The molecule has 0 saturated carbocycles. The van der Waals surface area contributed by atoms with Crippen molar-refractivity contribution in [1.82, 2.24) is 10.2 Å². The number of aliphatic carboxylic acids is 1. The first-order chi connectivity index (χ1) is 15.0. The predicted octanol–water partition coefficient (Wildman–Crippen LogP) is 2.23. The first kappa shape index (κ1) is 20.2. The quantitative estimate of drug-likeness (QED) is 0.424. The molecule has 3 aromatic heterocycles. The van der Waals surface area contributed by atoms with Crippen LogP contribution in [-0.4, -0.2) is 45.0 Å². The van der Waals surface area contributed by atoms with Crippen LogP contribution in [0, 0.1) is 0 Å². The fraction of sp³-hybridized carbons (Fsp3) is 0.238. The van der Waals surface area contributed by atoms with E-state index >= 15 is 0 Å². The van der Waals surface area contributed by atoms with Crippen LogP contribution in [0.3, 0.4) is 0 Å². The van der Waals surface area contributed by atoms with Crippen molar-refractivity contribution >= 4 is 62.4 Å². The molecule has 10 heteroatoms. The van der Waals surface area contributed by atoms with Gasteiger partial charge in [-0.15, -0.1) is 23.1 Å². The molecule has 2 N–H and O–H groups in total. The molecule has 5 rings (SSSR count). The number of thiophene rings is 2. The fourth-order valence-electron chi connectivity index (χ4n) is 3.92. The molecule has 1 saturated heterocycles. The third-order valence-corrected chi connectivity index (χ3v) is 8.50. The van der Waals surface area contributed by atoms with Crippen molar-refractivity contribution < 1.29 is 24.1 Å². The summed E-state index contributed by atoms with van der Waals surface area (Å²) >= 11 is 4.57. The highest BCUT2D eigenvalue weighted by atomic mass is 32.2. The predicted molar refractivity (Wildman–Crippen MR) is 120 cm³/mol. The molecule has 1 unspecified atom stereocenters. The number of fused-ring (bicyclic) bond motifs is 2. The SMILES string of the molecule is O=C(Cc1cccs1)NC1C(=O)N2C(C(=O)O)=C(C[n+]3cccc4ccsc43)CS[C@H]12. The van der Waals surface area contributed by atoms with E-state index in [2.05, 4.69) is 5.32 Å². The third-order valence-electron chi connectivity index (χ3n) is 5.32. The Morgan fingerprint density at radius 2 is 2.06 bits per heavy atom. The summed E-state index contributed by atoms with van der Waals surface area (Å²) in [6.07, 6.45) is 2.14. The second-order valence-electron chi connectivity index (χ2n) is 7.29. The summed E-state index contributed by atoms with van der Waals surface area (Å²) in [5.41, 5.74) is 0.731. The number of carbonyl (C=O) groups is 3.